The Hall–Kier alpha value is -1.05. The molecule has 0 saturated heterocycles. The first-order chi connectivity index (χ1) is 7.77. The van der Waals surface area contributed by atoms with Gasteiger partial charge in [0.1, 0.15) is 6.61 Å². The van der Waals surface area contributed by atoms with E-state index in [-0.39, 0.29) is 4.90 Å². The van der Waals surface area contributed by atoms with E-state index in [0.717, 1.165) is 5.56 Å². The first kappa shape index (κ1) is 14.0. The Morgan fingerprint density at radius 1 is 1.29 bits per heavy atom. The van der Waals surface area contributed by atoms with Crippen LogP contribution in [-0.4, -0.2) is 32.6 Å². The molecule has 0 radical (unpaired) electrons. The maximum Gasteiger partial charge on any atom is 0.283 e. The summed E-state index contributed by atoms with van der Waals surface area (Å²) < 4.78 is 50.3. The maximum atomic E-state index is 12.7. The van der Waals surface area contributed by atoms with Gasteiger partial charge in [-0.2, -0.15) is 0 Å². The minimum absolute atomic E-state index is 0.0863. The van der Waals surface area contributed by atoms with E-state index in [4.69, 9.17) is 5.11 Å². The number of sulfonamides is 1. The van der Waals surface area contributed by atoms with Crippen LogP contribution >= 0.6 is 0 Å². The number of benzene rings is 1. The highest BCUT2D eigenvalue weighted by Gasteiger charge is 2.30. The van der Waals surface area contributed by atoms with Crippen molar-refractivity contribution in [3.63, 3.8) is 0 Å². The normalized spacial score (nSPS) is 12.7. The predicted octanol–water partition coefficient (Wildman–Crippen LogP) is 0.901. The average molecular weight is 265 g/mol. The van der Waals surface area contributed by atoms with Gasteiger partial charge in [0, 0.05) is 0 Å². The lowest BCUT2D eigenvalue weighted by molar-refractivity contribution is -0.0437. The van der Waals surface area contributed by atoms with E-state index >= 15 is 0 Å². The molecule has 0 spiro atoms. The molecule has 2 N–H and O–H groups in total. The van der Waals surface area contributed by atoms with Crippen LogP contribution < -0.4 is 4.72 Å². The van der Waals surface area contributed by atoms with Crippen molar-refractivity contribution in [2.45, 2.75) is 17.7 Å². The van der Waals surface area contributed by atoms with Crippen molar-refractivity contribution in [3.05, 3.63) is 29.8 Å². The van der Waals surface area contributed by atoms with E-state index in [0.29, 0.717) is 0 Å². The fourth-order valence-corrected chi connectivity index (χ4v) is 2.12. The van der Waals surface area contributed by atoms with Crippen LogP contribution in [0.25, 0.3) is 0 Å². The monoisotopic (exact) mass is 265 g/mol. The first-order valence-electron chi connectivity index (χ1n) is 4.82. The third-order valence-electron chi connectivity index (χ3n) is 2.08. The number of hydrogen-bond donors (Lipinski definition) is 2. The third-order valence-corrected chi connectivity index (χ3v) is 3.50. The number of hydrogen-bond acceptors (Lipinski definition) is 3. The van der Waals surface area contributed by atoms with Crippen molar-refractivity contribution in [1.29, 1.82) is 0 Å². The first-order valence-corrected chi connectivity index (χ1v) is 6.30. The van der Waals surface area contributed by atoms with Crippen LogP contribution in [0.1, 0.15) is 5.56 Å². The van der Waals surface area contributed by atoms with Gasteiger partial charge in [0.25, 0.3) is 5.92 Å². The second kappa shape index (κ2) is 5.07. The molecule has 0 aliphatic heterocycles. The van der Waals surface area contributed by atoms with Crippen molar-refractivity contribution >= 4 is 10.0 Å². The maximum absolute atomic E-state index is 12.7. The Bertz CT molecular complexity index is 471. The average Bonchev–Trinajstić information content (AvgIpc) is 2.27. The summed E-state index contributed by atoms with van der Waals surface area (Å²) >= 11 is 0. The molecule has 0 atom stereocenters. The Balaban J connectivity index is 2.79. The topological polar surface area (TPSA) is 66.4 Å². The molecule has 1 aromatic rings. The van der Waals surface area contributed by atoms with Gasteiger partial charge in [-0.1, -0.05) is 17.7 Å². The minimum atomic E-state index is -3.96. The van der Waals surface area contributed by atoms with Crippen LogP contribution in [0, 0.1) is 6.92 Å². The predicted molar refractivity (Wildman–Crippen MR) is 58.4 cm³/mol. The van der Waals surface area contributed by atoms with Crippen LogP contribution in [0.3, 0.4) is 0 Å². The quantitative estimate of drug-likeness (QED) is 0.831. The molecule has 0 saturated carbocycles. The van der Waals surface area contributed by atoms with Gasteiger partial charge in [0.2, 0.25) is 10.0 Å². The van der Waals surface area contributed by atoms with Gasteiger partial charge < -0.3 is 5.11 Å². The van der Waals surface area contributed by atoms with Gasteiger partial charge in [-0.15, -0.1) is 0 Å². The second-order valence-corrected chi connectivity index (χ2v) is 5.42. The van der Waals surface area contributed by atoms with E-state index in [9.17, 15) is 17.2 Å². The van der Waals surface area contributed by atoms with Crippen molar-refractivity contribution in [1.82, 2.24) is 4.72 Å². The van der Waals surface area contributed by atoms with Crippen LogP contribution in [-0.2, 0) is 10.0 Å². The molecule has 0 amide bonds. The van der Waals surface area contributed by atoms with E-state index in [1.165, 1.54) is 12.1 Å². The fraction of sp³-hybridized carbons (Fsp3) is 0.400. The van der Waals surface area contributed by atoms with E-state index < -0.39 is 29.1 Å². The van der Waals surface area contributed by atoms with Crippen LogP contribution in [0.15, 0.2) is 29.2 Å². The molecule has 0 aliphatic carbocycles. The molecule has 0 unspecified atom stereocenters. The molecule has 96 valence electrons. The molecule has 7 heteroatoms. The van der Waals surface area contributed by atoms with E-state index in [1.54, 1.807) is 23.8 Å². The number of halogens is 2. The Kier molecular flexibility index (Phi) is 4.18. The molecule has 0 heterocycles. The number of aliphatic hydroxyl groups excluding tert-OH is 1. The number of aliphatic hydroxyl groups is 1. The molecule has 17 heavy (non-hydrogen) atoms. The number of nitrogens with one attached hydrogen (secondary N) is 1. The Morgan fingerprint density at radius 2 is 1.82 bits per heavy atom. The lowest BCUT2D eigenvalue weighted by Gasteiger charge is -2.14. The summed E-state index contributed by atoms with van der Waals surface area (Å²) in [7, 11) is -3.96. The van der Waals surface area contributed by atoms with Crippen LogP contribution in [0.2, 0.25) is 0 Å². The van der Waals surface area contributed by atoms with Gasteiger partial charge in [0.15, 0.2) is 0 Å². The molecular weight excluding hydrogens is 252 g/mol. The van der Waals surface area contributed by atoms with Gasteiger partial charge >= 0.3 is 0 Å². The summed E-state index contributed by atoms with van der Waals surface area (Å²) in [5, 5.41) is 8.31. The number of alkyl halides is 2. The molecule has 0 aliphatic rings. The lowest BCUT2D eigenvalue weighted by Crippen LogP contribution is -2.38. The summed E-state index contributed by atoms with van der Waals surface area (Å²) in [6.45, 7) is -0.743. The molecule has 1 aromatic carbocycles. The van der Waals surface area contributed by atoms with Gasteiger partial charge in [0.05, 0.1) is 11.4 Å². The Morgan fingerprint density at radius 3 is 2.29 bits per heavy atom. The van der Waals surface area contributed by atoms with Gasteiger partial charge in [-0.3, -0.25) is 0 Å². The highest BCUT2D eigenvalue weighted by molar-refractivity contribution is 7.89. The molecule has 0 fully saturated rings. The van der Waals surface area contributed by atoms with E-state index in [1.807, 2.05) is 0 Å². The van der Waals surface area contributed by atoms with Crippen LogP contribution in [0.4, 0.5) is 8.78 Å². The largest absolute Gasteiger partial charge is 0.390 e. The van der Waals surface area contributed by atoms with Crippen molar-refractivity contribution in [3.8, 4) is 0 Å². The Labute approximate surface area is 98.3 Å². The second-order valence-electron chi connectivity index (χ2n) is 3.65. The standard InChI is InChI=1S/C10H13F2NO3S/c1-8-2-4-9(5-3-8)17(15,16)13-6-10(11,12)7-14/h2-5,13-14H,6-7H2,1H3. The van der Waals surface area contributed by atoms with Crippen molar-refractivity contribution < 1.29 is 22.3 Å². The minimum Gasteiger partial charge on any atom is -0.390 e. The smallest absolute Gasteiger partial charge is 0.283 e. The molecule has 1 rings (SSSR count). The highest BCUT2D eigenvalue weighted by Crippen LogP contribution is 2.14. The summed E-state index contributed by atoms with van der Waals surface area (Å²) in [5.74, 6) is -3.46. The fourth-order valence-electron chi connectivity index (χ4n) is 1.06. The zero-order chi connectivity index (χ0) is 13.1. The van der Waals surface area contributed by atoms with Crippen molar-refractivity contribution in [2.24, 2.45) is 0 Å². The summed E-state index contributed by atoms with van der Waals surface area (Å²) in [4.78, 5) is -0.0863. The molecule has 0 aromatic heterocycles. The third kappa shape index (κ3) is 4.03. The lowest BCUT2D eigenvalue weighted by atomic mass is 10.2. The van der Waals surface area contributed by atoms with Gasteiger partial charge in [-0.05, 0) is 19.1 Å². The SMILES string of the molecule is Cc1ccc(S(=O)(=O)NCC(F)(F)CO)cc1. The van der Waals surface area contributed by atoms with E-state index in [2.05, 4.69) is 0 Å². The highest BCUT2D eigenvalue weighted by atomic mass is 32.2. The summed E-state index contributed by atoms with van der Waals surface area (Å²) in [6.07, 6.45) is 0. The molecule has 0 bridgehead atoms. The number of rotatable bonds is 5. The van der Waals surface area contributed by atoms with Crippen LogP contribution in [0.5, 0.6) is 0 Å². The molecule has 4 nitrogen and oxygen atoms in total. The zero-order valence-electron chi connectivity index (χ0n) is 9.15. The van der Waals surface area contributed by atoms with Crippen molar-refractivity contribution in [2.75, 3.05) is 13.2 Å². The summed E-state index contributed by atoms with van der Waals surface area (Å²) in [6, 6.07) is 5.79. The number of aryl methyl sites for hydroxylation is 1. The van der Waals surface area contributed by atoms with Gasteiger partial charge in [-0.25, -0.2) is 21.9 Å². The molecular formula is C10H13F2NO3S. The summed E-state index contributed by atoms with van der Waals surface area (Å²) in [5.41, 5.74) is 0.865. The zero-order valence-corrected chi connectivity index (χ0v) is 9.97.